The second-order valence-electron chi connectivity index (χ2n) is 5.10. The van der Waals surface area contributed by atoms with E-state index in [1.165, 1.54) is 16.7 Å². The number of allylic oxidation sites excluding steroid dienone is 9. The molecule has 3 aliphatic rings. The van der Waals surface area contributed by atoms with Gasteiger partial charge in [-0.3, -0.25) is 0 Å². The molecule has 1 aromatic carbocycles. The van der Waals surface area contributed by atoms with E-state index in [9.17, 15) is 0 Å². The molecule has 18 heavy (non-hydrogen) atoms. The SMILES string of the molecule is C1=CC2=Cc3ccccc3C3C=CC=CC23C=C1. The third-order valence-electron chi connectivity index (χ3n) is 4.20. The van der Waals surface area contributed by atoms with Crippen LogP contribution < -0.4 is 0 Å². The van der Waals surface area contributed by atoms with Crippen molar-refractivity contribution in [2.45, 2.75) is 5.92 Å². The van der Waals surface area contributed by atoms with E-state index in [0.29, 0.717) is 5.92 Å². The van der Waals surface area contributed by atoms with Gasteiger partial charge in [-0.2, -0.15) is 0 Å². The minimum atomic E-state index is 0.0395. The minimum absolute atomic E-state index is 0.0395. The standard InChI is InChI=1S/C18H14/c1-2-9-16-14(7-1)13-15-8-3-5-11-18(15)12-6-4-10-17(16)18/h1-13,17H. The summed E-state index contributed by atoms with van der Waals surface area (Å²) >= 11 is 0. The number of benzene rings is 1. The van der Waals surface area contributed by atoms with Gasteiger partial charge in [0.25, 0.3) is 0 Å². The Morgan fingerprint density at radius 2 is 1.72 bits per heavy atom. The van der Waals surface area contributed by atoms with Gasteiger partial charge < -0.3 is 0 Å². The van der Waals surface area contributed by atoms with Gasteiger partial charge in [-0.15, -0.1) is 0 Å². The first-order chi connectivity index (χ1) is 8.90. The fraction of sp³-hybridized carbons (Fsp3) is 0.111. The van der Waals surface area contributed by atoms with E-state index >= 15 is 0 Å². The topological polar surface area (TPSA) is 0 Å². The highest BCUT2D eigenvalue weighted by Gasteiger charge is 2.41. The zero-order valence-corrected chi connectivity index (χ0v) is 10.1. The molecule has 1 aromatic rings. The molecule has 4 rings (SSSR count). The van der Waals surface area contributed by atoms with Crippen molar-refractivity contribution in [2.75, 3.05) is 0 Å². The Bertz CT molecular complexity index is 642. The van der Waals surface area contributed by atoms with Gasteiger partial charge in [0, 0.05) is 11.3 Å². The van der Waals surface area contributed by atoms with E-state index in [4.69, 9.17) is 0 Å². The average Bonchev–Trinajstić information content (AvgIpc) is 2.44. The Hall–Kier alpha value is -2.08. The van der Waals surface area contributed by atoms with Crippen LogP contribution in [0.5, 0.6) is 0 Å². The fourth-order valence-electron chi connectivity index (χ4n) is 3.33. The average molecular weight is 230 g/mol. The summed E-state index contributed by atoms with van der Waals surface area (Å²) in [6, 6.07) is 8.73. The molecular formula is C18H14. The lowest BCUT2D eigenvalue weighted by atomic mass is 9.60. The molecule has 0 saturated heterocycles. The molecule has 2 atom stereocenters. The summed E-state index contributed by atoms with van der Waals surface area (Å²) in [7, 11) is 0. The van der Waals surface area contributed by atoms with E-state index in [2.05, 4.69) is 78.9 Å². The smallest absolute Gasteiger partial charge is 0.0422 e. The van der Waals surface area contributed by atoms with E-state index in [1.54, 1.807) is 0 Å². The quantitative estimate of drug-likeness (QED) is 0.619. The number of rotatable bonds is 0. The number of fused-ring (bicyclic) bond motifs is 2. The van der Waals surface area contributed by atoms with Crippen molar-refractivity contribution in [1.29, 1.82) is 0 Å². The van der Waals surface area contributed by atoms with E-state index in [1.807, 2.05) is 0 Å². The Balaban J connectivity index is 2.04. The highest BCUT2D eigenvalue weighted by molar-refractivity contribution is 5.71. The monoisotopic (exact) mass is 230 g/mol. The molecule has 0 radical (unpaired) electrons. The van der Waals surface area contributed by atoms with E-state index in [-0.39, 0.29) is 5.41 Å². The van der Waals surface area contributed by atoms with E-state index in [0.717, 1.165) is 0 Å². The summed E-state index contributed by atoms with van der Waals surface area (Å²) in [5.74, 6) is 0.430. The summed E-state index contributed by atoms with van der Waals surface area (Å²) in [5.41, 5.74) is 4.22. The van der Waals surface area contributed by atoms with Gasteiger partial charge in [0.05, 0.1) is 0 Å². The second-order valence-corrected chi connectivity index (χ2v) is 5.10. The maximum absolute atomic E-state index is 2.33. The van der Waals surface area contributed by atoms with Gasteiger partial charge >= 0.3 is 0 Å². The van der Waals surface area contributed by atoms with Gasteiger partial charge in [-0.25, -0.2) is 0 Å². The van der Waals surface area contributed by atoms with Crippen molar-refractivity contribution in [3.05, 3.63) is 89.6 Å². The van der Waals surface area contributed by atoms with Gasteiger partial charge in [0.2, 0.25) is 0 Å². The molecule has 0 heterocycles. The predicted octanol–water partition coefficient (Wildman–Crippen LogP) is 4.41. The Labute approximate surface area is 107 Å². The van der Waals surface area contributed by atoms with Crippen LogP contribution in [0.2, 0.25) is 0 Å². The van der Waals surface area contributed by atoms with Crippen molar-refractivity contribution >= 4 is 6.08 Å². The third-order valence-corrected chi connectivity index (χ3v) is 4.20. The lowest BCUT2D eigenvalue weighted by Crippen LogP contribution is -2.30. The normalized spacial score (nSPS) is 30.4. The highest BCUT2D eigenvalue weighted by Crippen LogP contribution is 2.53. The predicted molar refractivity (Wildman–Crippen MR) is 76.2 cm³/mol. The molecule has 0 aliphatic heterocycles. The van der Waals surface area contributed by atoms with Gasteiger partial charge in [0.15, 0.2) is 0 Å². The van der Waals surface area contributed by atoms with Crippen LogP contribution in [0, 0.1) is 5.41 Å². The van der Waals surface area contributed by atoms with Crippen molar-refractivity contribution < 1.29 is 0 Å². The van der Waals surface area contributed by atoms with Crippen LogP contribution in [-0.4, -0.2) is 0 Å². The molecule has 0 fully saturated rings. The molecule has 3 aliphatic carbocycles. The Morgan fingerprint density at radius 1 is 0.889 bits per heavy atom. The summed E-state index contributed by atoms with van der Waals surface area (Å²) in [5, 5.41) is 0. The Kier molecular flexibility index (Phi) is 1.90. The van der Waals surface area contributed by atoms with Crippen LogP contribution in [-0.2, 0) is 0 Å². The van der Waals surface area contributed by atoms with Crippen LogP contribution in [0.25, 0.3) is 6.08 Å². The molecule has 0 amide bonds. The summed E-state index contributed by atoms with van der Waals surface area (Å²) in [6.45, 7) is 0. The van der Waals surface area contributed by atoms with Crippen molar-refractivity contribution in [2.24, 2.45) is 5.41 Å². The zero-order chi connectivity index (χ0) is 12.0. The lowest BCUT2D eigenvalue weighted by molar-refractivity contribution is 0.518. The largest absolute Gasteiger partial charge is 0.0755 e. The molecule has 0 heteroatoms. The molecule has 0 bridgehead atoms. The van der Waals surface area contributed by atoms with Crippen molar-refractivity contribution in [3.63, 3.8) is 0 Å². The molecule has 1 spiro atoms. The van der Waals surface area contributed by atoms with Gasteiger partial charge in [-0.05, 0) is 16.7 Å². The zero-order valence-electron chi connectivity index (χ0n) is 10.1. The fourth-order valence-corrected chi connectivity index (χ4v) is 3.33. The summed E-state index contributed by atoms with van der Waals surface area (Å²) in [4.78, 5) is 0. The van der Waals surface area contributed by atoms with Crippen molar-refractivity contribution in [3.8, 4) is 0 Å². The molecule has 0 N–H and O–H groups in total. The Morgan fingerprint density at radius 3 is 2.67 bits per heavy atom. The van der Waals surface area contributed by atoms with Crippen molar-refractivity contribution in [1.82, 2.24) is 0 Å². The third kappa shape index (κ3) is 1.15. The highest BCUT2D eigenvalue weighted by atomic mass is 14.4. The molecule has 0 saturated carbocycles. The lowest BCUT2D eigenvalue weighted by Gasteiger charge is -2.42. The first-order valence-electron chi connectivity index (χ1n) is 6.43. The maximum atomic E-state index is 2.33. The maximum Gasteiger partial charge on any atom is 0.0422 e. The van der Waals surface area contributed by atoms with Gasteiger partial charge in [0.1, 0.15) is 0 Å². The van der Waals surface area contributed by atoms with Crippen LogP contribution >= 0.6 is 0 Å². The number of hydrogen-bond acceptors (Lipinski definition) is 0. The molecule has 0 aromatic heterocycles. The molecule has 2 unspecified atom stereocenters. The molecule has 0 nitrogen and oxygen atoms in total. The summed E-state index contributed by atoms with van der Waals surface area (Å²) in [6.07, 6.45) is 20.2. The summed E-state index contributed by atoms with van der Waals surface area (Å²) < 4.78 is 0. The van der Waals surface area contributed by atoms with E-state index < -0.39 is 0 Å². The van der Waals surface area contributed by atoms with Crippen LogP contribution in [0.4, 0.5) is 0 Å². The van der Waals surface area contributed by atoms with Crippen LogP contribution in [0.3, 0.4) is 0 Å². The first kappa shape index (κ1) is 9.90. The molecule has 86 valence electrons. The molecular weight excluding hydrogens is 216 g/mol. The van der Waals surface area contributed by atoms with Gasteiger partial charge in [-0.1, -0.05) is 78.9 Å². The van der Waals surface area contributed by atoms with Crippen LogP contribution in [0.1, 0.15) is 17.0 Å². The number of hydrogen-bond donors (Lipinski definition) is 0. The first-order valence-corrected chi connectivity index (χ1v) is 6.43. The van der Waals surface area contributed by atoms with Crippen LogP contribution in [0.15, 0.2) is 78.4 Å². The minimum Gasteiger partial charge on any atom is -0.0755 e. The second kappa shape index (κ2) is 3.46.